The molecule has 4 nitrogen and oxygen atoms in total. The quantitative estimate of drug-likeness (QED) is 0.784. The fraction of sp³-hybridized carbons (Fsp3) is 0.231. The number of hydrogen-bond donors (Lipinski definition) is 1. The van der Waals surface area contributed by atoms with E-state index >= 15 is 0 Å². The second-order valence-corrected chi connectivity index (χ2v) is 5.32. The first-order valence-electron chi connectivity index (χ1n) is 5.84. The normalized spacial score (nSPS) is 12.8. The maximum atomic E-state index is 4.64. The molecule has 0 bridgehead atoms. The lowest BCUT2D eigenvalue weighted by Gasteiger charge is -2.09. The third kappa shape index (κ3) is 2.09. The van der Waals surface area contributed by atoms with E-state index in [-0.39, 0.29) is 6.04 Å². The van der Waals surface area contributed by atoms with Gasteiger partial charge in [-0.25, -0.2) is 4.98 Å². The highest BCUT2D eigenvalue weighted by Gasteiger charge is 2.11. The summed E-state index contributed by atoms with van der Waals surface area (Å²) in [6, 6.07) is 10.3. The van der Waals surface area contributed by atoms with Gasteiger partial charge >= 0.3 is 0 Å². The zero-order valence-corrected chi connectivity index (χ0v) is 11.1. The Morgan fingerprint density at radius 1 is 1.28 bits per heavy atom. The minimum atomic E-state index is 0.164. The van der Waals surface area contributed by atoms with E-state index in [0.29, 0.717) is 0 Å². The predicted octanol–water partition coefficient (Wildman–Crippen LogP) is 3.20. The summed E-state index contributed by atoms with van der Waals surface area (Å²) in [4.78, 5) is 4.64. The first-order chi connectivity index (χ1) is 8.72. The summed E-state index contributed by atoms with van der Waals surface area (Å²) in [5.74, 6) is 0.879. The molecule has 2 heterocycles. The molecular weight excluding hydrogens is 244 g/mol. The molecule has 3 aromatic rings. The molecule has 0 saturated carbocycles. The maximum Gasteiger partial charge on any atom is 0.148 e. The molecule has 0 radical (unpaired) electrons. The highest BCUT2D eigenvalue weighted by molar-refractivity contribution is 7.18. The monoisotopic (exact) mass is 258 g/mol. The Labute approximate surface area is 109 Å². The Kier molecular flexibility index (Phi) is 2.76. The zero-order valence-electron chi connectivity index (χ0n) is 10.3. The van der Waals surface area contributed by atoms with Crippen LogP contribution in [0.1, 0.15) is 18.0 Å². The topological polar surface area (TPSA) is 42.7 Å². The largest absolute Gasteiger partial charge is 0.360 e. The molecule has 18 heavy (non-hydrogen) atoms. The van der Waals surface area contributed by atoms with E-state index in [0.717, 1.165) is 16.3 Å². The van der Waals surface area contributed by atoms with E-state index in [9.17, 15) is 0 Å². The van der Waals surface area contributed by atoms with Crippen molar-refractivity contribution in [3.8, 4) is 0 Å². The van der Waals surface area contributed by atoms with Gasteiger partial charge in [-0.05, 0) is 19.1 Å². The minimum absolute atomic E-state index is 0.164. The van der Waals surface area contributed by atoms with Gasteiger partial charge in [-0.2, -0.15) is 5.10 Å². The van der Waals surface area contributed by atoms with Crippen LogP contribution in [0.25, 0.3) is 10.2 Å². The molecular formula is C13H14N4S. The van der Waals surface area contributed by atoms with Crippen LogP contribution in [-0.4, -0.2) is 14.8 Å². The first-order valence-corrected chi connectivity index (χ1v) is 6.66. The molecule has 3 rings (SSSR count). The lowest BCUT2D eigenvalue weighted by atomic mass is 10.3. The third-order valence-electron chi connectivity index (χ3n) is 2.76. The van der Waals surface area contributed by atoms with Crippen LogP contribution >= 0.6 is 11.3 Å². The van der Waals surface area contributed by atoms with E-state index in [2.05, 4.69) is 28.4 Å². The molecule has 0 aliphatic rings. The number of aromatic nitrogens is 3. The SMILES string of the molecule is CC(Nc1ccn(C)n1)c1nc2ccccc2s1. The minimum Gasteiger partial charge on any atom is -0.360 e. The van der Waals surface area contributed by atoms with Crippen molar-refractivity contribution in [2.75, 3.05) is 5.32 Å². The van der Waals surface area contributed by atoms with Gasteiger partial charge in [0.05, 0.1) is 16.3 Å². The van der Waals surface area contributed by atoms with Crippen LogP contribution in [0.2, 0.25) is 0 Å². The number of nitrogens with one attached hydrogen (secondary N) is 1. The van der Waals surface area contributed by atoms with Crippen molar-refractivity contribution in [2.24, 2.45) is 7.05 Å². The fourth-order valence-corrected chi connectivity index (χ4v) is 2.82. The number of benzene rings is 1. The van der Waals surface area contributed by atoms with Crippen molar-refractivity contribution in [3.63, 3.8) is 0 Å². The number of aryl methyl sites for hydroxylation is 1. The van der Waals surface area contributed by atoms with Crippen LogP contribution in [0.4, 0.5) is 5.82 Å². The van der Waals surface area contributed by atoms with Gasteiger partial charge in [0, 0.05) is 19.3 Å². The molecule has 92 valence electrons. The lowest BCUT2D eigenvalue weighted by Crippen LogP contribution is -2.06. The van der Waals surface area contributed by atoms with E-state index < -0.39 is 0 Å². The Morgan fingerprint density at radius 2 is 2.11 bits per heavy atom. The van der Waals surface area contributed by atoms with E-state index in [1.807, 2.05) is 37.5 Å². The number of hydrogen-bond acceptors (Lipinski definition) is 4. The molecule has 1 unspecified atom stereocenters. The summed E-state index contributed by atoms with van der Waals surface area (Å²) in [7, 11) is 1.91. The number of nitrogens with zero attached hydrogens (tertiary/aromatic N) is 3. The molecule has 5 heteroatoms. The Morgan fingerprint density at radius 3 is 2.83 bits per heavy atom. The Bertz CT molecular complexity index is 637. The predicted molar refractivity (Wildman–Crippen MR) is 74.9 cm³/mol. The maximum absolute atomic E-state index is 4.64. The van der Waals surface area contributed by atoms with Gasteiger partial charge in [0.1, 0.15) is 10.8 Å². The van der Waals surface area contributed by atoms with Crippen LogP contribution < -0.4 is 5.32 Å². The van der Waals surface area contributed by atoms with Crippen molar-refractivity contribution in [1.29, 1.82) is 0 Å². The number of anilines is 1. The van der Waals surface area contributed by atoms with Gasteiger partial charge in [0.2, 0.25) is 0 Å². The molecule has 2 aromatic heterocycles. The van der Waals surface area contributed by atoms with Gasteiger partial charge < -0.3 is 5.32 Å². The highest BCUT2D eigenvalue weighted by Crippen LogP contribution is 2.27. The van der Waals surface area contributed by atoms with Crippen LogP contribution in [-0.2, 0) is 7.05 Å². The number of para-hydroxylation sites is 1. The first kappa shape index (κ1) is 11.2. The smallest absolute Gasteiger partial charge is 0.148 e. The van der Waals surface area contributed by atoms with E-state index in [4.69, 9.17) is 0 Å². The fourth-order valence-electron chi connectivity index (χ4n) is 1.85. The molecule has 1 N–H and O–H groups in total. The molecule has 0 amide bonds. The van der Waals surface area contributed by atoms with Crippen LogP contribution in [0.3, 0.4) is 0 Å². The van der Waals surface area contributed by atoms with Gasteiger partial charge in [0.15, 0.2) is 0 Å². The summed E-state index contributed by atoms with van der Waals surface area (Å²) in [6.45, 7) is 2.10. The standard InChI is InChI=1S/C13H14N4S/c1-9(14-12-7-8-17(2)16-12)13-15-10-5-3-4-6-11(10)18-13/h3-9H,1-2H3,(H,14,16). The average molecular weight is 258 g/mol. The van der Waals surface area contributed by atoms with Crippen molar-refractivity contribution in [3.05, 3.63) is 41.5 Å². The molecule has 1 aromatic carbocycles. The van der Waals surface area contributed by atoms with Crippen LogP contribution in [0.15, 0.2) is 36.5 Å². The summed E-state index contributed by atoms with van der Waals surface area (Å²) < 4.78 is 3.01. The summed E-state index contributed by atoms with van der Waals surface area (Å²) in [6.07, 6.45) is 1.92. The molecule has 0 saturated heterocycles. The summed E-state index contributed by atoms with van der Waals surface area (Å²) in [5.41, 5.74) is 1.06. The van der Waals surface area contributed by atoms with Gasteiger partial charge in [0.25, 0.3) is 0 Å². The van der Waals surface area contributed by atoms with E-state index in [1.54, 1.807) is 16.0 Å². The van der Waals surface area contributed by atoms with E-state index in [1.165, 1.54) is 4.70 Å². The average Bonchev–Trinajstić information content (AvgIpc) is 2.95. The summed E-state index contributed by atoms with van der Waals surface area (Å²) >= 11 is 1.72. The van der Waals surface area contributed by atoms with Gasteiger partial charge in [-0.1, -0.05) is 12.1 Å². The van der Waals surface area contributed by atoms with Crippen LogP contribution in [0, 0.1) is 0 Å². The Balaban J connectivity index is 1.85. The second kappa shape index (κ2) is 4.42. The second-order valence-electron chi connectivity index (χ2n) is 4.26. The molecule has 0 aliphatic heterocycles. The zero-order chi connectivity index (χ0) is 12.5. The van der Waals surface area contributed by atoms with Crippen molar-refractivity contribution >= 4 is 27.4 Å². The summed E-state index contributed by atoms with van der Waals surface area (Å²) in [5, 5.41) is 8.75. The molecule has 0 aliphatic carbocycles. The Hall–Kier alpha value is -1.88. The van der Waals surface area contributed by atoms with Crippen molar-refractivity contribution < 1.29 is 0 Å². The highest BCUT2D eigenvalue weighted by atomic mass is 32.1. The van der Waals surface area contributed by atoms with Gasteiger partial charge in [-0.15, -0.1) is 11.3 Å². The molecule has 1 atom stereocenters. The number of thiazole rings is 1. The third-order valence-corrected chi connectivity index (χ3v) is 3.98. The number of rotatable bonds is 3. The van der Waals surface area contributed by atoms with Crippen LogP contribution in [0.5, 0.6) is 0 Å². The van der Waals surface area contributed by atoms with Crippen molar-refractivity contribution in [2.45, 2.75) is 13.0 Å². The molecule has 0 spiro atoms. The van der Waals surface area contributed by atoms with Gasteiger partial charge in [-0.3, -0.25) is 4.68 Å². The van der Waals surface area contributed by atoms with Crippen molar-refractivity contribution in [1.82, 2.24) is 14.8 Å². The number of fused-ring (bicyclic) bond motifs is 1. The lowest BCUT2D eigenvalue weighted by molar-refractivity contribution is 0.759. The molecule has 0 fully saturated rings.